The van der Waals surface area contributed by atoms with Gasteiger partial charge in [0.1, 0.15) is 0 Å². The first kappa shape index (κ1) is 13.6. The summed E-state index contributed by atoms with van der Waals surface area (Å²) in [5.74, 6) is -0.116. The van der Waals surface area contributed by atoms with E-state index in [0.717, 1.165) is 0 Å². The number of nitrogens with one attached hydrogen (secondary N) is 1. The Balaban J connectivity index is 2.66. The number of rotatable bonds is 4. The lowest BCUT2D eigenvalue weighted by Gasteiger charge is -2.27. The van der Waals surface area contributed by atoms with E-state index >= 15 is 0 Å². The Morgan fingerprint density at radius 1 is 1.59 bits per heavy atom. The van der Waals surface area contributed by atoms with Crippen molar-refractivity contribution in [3.63, 3.8) is 0 Å². The third-order valence-corrected chi connectivity index (χ3v) is 3.10. The lowest BCUT2D eigenvalue weighted by molar-refractivity contribution is 0.0142. The molecule has 0 aliphatic carbocycles. The third kappa shape index (κ3) is 3.53. The Morgan fingerprint density at radius 2 is 2.24 bits per heavy atom. The average Bonchev–Trinajstić information content (AvgIpc) is 2.26. The predicted octanol–water partition coefficient (Wildman–Crippen LogP) is 1.53. The number of nitrogens with zero attached hydrogens (tertiary/aromatic N) is 1. The molecule has 0 spiro atoms. The van der Waals surface area contributed by atoms with E-state index in [9.17, 15) is 9.90 Å². The number of carbonyl (C=O) groups excluding carboxylic acids is 1. The maximum absolute atomic E-state index is 11.9. The van der Waals surface area contributed by atoms with Gasteiger partial charge in [-0.15, -0.1) is 0 Å². The summed E-state index contributed by atoms with van der Waals surface area (Å²) in [4.78, 5) is 15.9. The molecule has 1 aromatic rings. The Morgan fingerprint density at radius 3 is 2.76 bits per heavy atom. The Labute approximate surface area is 102 Å². The van der Waals surface area contributed by atoms with Crippen molar-refractivity contribution >= 4 is 5.91 Å². The van der Waals surface area contributed by atoms with Crippen LogP contribution in [0.5, 0.6) is 0 Å². The molecule has 0 saturated carbocycles. The van der Waals surface area contributed by atoms with Gasteiger partial charge in [-0.1, -0.05) is 13.8 Å². The summed E-state index contributed by atoms with van der Waals surface area (Å²) in [5.41, 5.74) is 0.340. The summed E-state index contributed by atoms with van der Waals surface area (Å²) in [7, 11) is 0. The number of aliphatic hydroxyl groups is 1. The van der Waals surface area contributed by atoms with E-state index in [4.69, 9.17) is 0 Å². The van der Waals surface area contributed by atoms with Gasteiger partial charge in [0.2, 0.25) is 0 Å². The van der Waals surface area contributed by atoms with Crippen LogP contribution in [0.15, 0.2) is 18.3 Å². The van der Waals surface area contributed by atoms with Crippen molar-refractivity contribution in [3.8, 4) is 0 Å². The molecule has 1 atom stereocenters. The topological polar surface area (TPSA) is 62.2 Å². The molecule has 17 heavy (non-hydrogen) atoms. The number of hydrogen-bond donors (Lipinski definition) is 2. The second kappa shape index (κ2) is 5.27. The molecule has 2 N–H and O–H groups in total. The molecule has 0 bridgehead atoms. The van der Waals surface area contributed by atoms with Gasteiger partial charge in [0.25, 0.3) is 5.91 Å². The van der Waals surface area contributed by atoms with Crippen LogP contribution in [0.3, 0.4) is 0 Å². The molecule has 1 unspecified atom stereocenters. The lowest BCUT2D eigenvalue weighted by atomic mass is 9.92. The quantitative estimate of drug-likeness (QED) is 0.833. The highest BCUT2D eigenvalue weighted by Crippen LogP contribution is 2.14. The molecular formula is C13H20N2O2. The highest BCUT2D eigenvalue weighted by molar-refractivity contribution is 5.95. The van der Waals surface area contributed by atoms with Gasteiger partial charge in [-0.2, -0.15) is 0 Å². The first-order valence-corrected chi connectivity index (χ1v) is 5.77. The first-order chi connectivity index (χ1) is 7.84. The SMILES string of the molecule is Cc1ncccc1C(=O)NCC(C)(O)C(C)C. The van der Waals surface area contributed by atoms with Gasteiger partial charge in [-0.05, 0) is 31.9 Å². The highest BCUT2D eigenvalue weighted by Gasteiger charge is 2.25. The molecule has 1 rings (SSSR count). The van der Waals surface area contributed by atoms with Gasteiger partial charge in [-0.3, -0.25) is 9.78 Å². The van der Waals surface area contributed by atoms with Crippen LogP contribution in [0.1, 0.15) is 36.8 Å². The van der Waals surface area contributed by atoms with Gasteiger partial charge in [0.05, 0.1) is 11.2 Å². The number of hydrogen-bond acceptors (Lipinski definition) is 3. The largest absolute Gasteiger partial charge is 0.388 e. The maximum Gasteiger partial charge on any atom is 0.253 e. The molecule has 4 nitrogen and oxygen atoms in total. The van der Waals surface area contributed by atoms with Crippen molar-refractivity contribution in [3.05, 3.63) is 29.6 Å². The summed E-state index contributed by atoms with van der Waals surface area (Å²) in [6.07, 6.45) is 1.65. The van der Waals surface area contributed by atoms with Crippen molar-refractivity contribution < 1.29 is 9.90 Å². The Hall–Kier alpha value is -1.42. The summed E-state index contributed by atoms with van der Waals surface area (Å²) >= 11 is 0. The van der Waals surface area contributed by atoms with Crippen LogP contribution >= 0.6 is 0 Å². The van der Waals surface area contributed by atoms with Crippen LogP contribution in [0.4, 0.5) is 0 Å². The fraction of sp³-hybridized carbons (Fsp3) is 0.538. The van der Waals surface area contributed by atoms with Gasteiger partial charge < -0.3 is 10.4 Å². The average molecular weight is 236 g/mol. The zero-order valence-electron chi connectivity index (χ0n) is 10.8. The minimum atomic E-state index is -0.897. The number of carbonyl (C=O) groups is 1. The second-order valence-electron chi connectivity index (χ2n) is 4.83. The predicted molar refractivity (Wildman–Crippen MR) is 66.8 cm³/mol. The van der Waals surface area contributed by atoms with Crippen molar-refractivity contribution in [2.24, 2.45) is 5.92 Å². The molecular weight excluding hydrogens is 216 g/mol. The standard InChI is InChI=1S/C13H20N2O2/c1-9(2)13(4,17)8-15-12(16)11-6-5-7-14-10(11)3/h5-7,9,17H,8H2,1-4H3,(H,15,16). The zero-order valence-corrected chi connectivity index (χ0v) is 10.8. The first-order valence-electron chi connectivity index (χ1n) is 5.77. The summed E-state index contributed by atoms with van der Waals surface area (Å²) in [5, 5.41) is 12.8. The van der Waals surface area contributed by atoms with Gasteiger partial charge in [0, 0.05) is 18.4 Å². The van der Waals surface area contributed by atoms with Crippen LogP contribution in [0, 0.1) is 12.8 Å². The maximum atomic E-state index is 11.9. The third-order valence-electron chi connectivity index (χ3n) is 3.10. The minimum absolute atomic E-state index is 0.0813. The molecule has 0 fully saturated rings. The molecule has 1 heterocycles. The van der Waals surface area contributed by atoms with Crippen molar-refractivity contribution in [2.45, 2.75) is 33.3 Å². The Bertz CT molecular complexity index is 400. The molecule has 0 aliphatic heterocycles. The molecule has 1 amide bonds. The van der Waals surface area contributed by atoms with E-state index in [0.29, 0.717) is 11.3 Å². The van der Waals surface area contributed by atoms with Crippen LogP contribution in [-0.4, -0.2) is 28.1 Å². The van der Waals surface area contributed by atoms with Crippen molar-refractivity contribution in [1.82, 2.24) is 10.3 Å². The molecule has 0 aromatic carbocycles. The van der Waals surface area contributed by atoms with Gasteiger partial charge in [-0.25, -0.2) is 0 Å². The van der Waals surface area contributed by atoms with Gasteiger partial charge >= 0.3 is 0 Å². The summed E-state index contributed by atoms with van der Waals surface area (Å²) < 4.78 is 0. The van der Waals surface area contributed by atoms with Crippen LogP contribution in [0.2, 0.25) is 0 Å². The van der Waals surface area contributed by atoms with E-state index in [1.54, 1.807) is 32.2 Å². The molecule has 0 radical (unpaired) electrons. The zero-order chi connectivity index (χ0) is 13.1. The monoisotopic (exact) mass is 236 g/mol. The van der Waals surface area contributed by atoms with Gasteiger partial charge in [0.15, 0.2) is 0 Å². The molecule has 94 valence electrons. The minimum Gasteiger partial charge on any atom is -0.388 e. The fourth-order valence-corrected chi connectivity index (χ4v) is 1.28. The molecule has 0 saturated heterocycles. The summed E-state index contributed by atoms with van der Waals surface area (Å²) in [6, 6.07) is 3.45. The van der Waals surface area contributed by atoms with Crippen LogP contribution in [0.25, 0.3) is 0 Å². The number of pyridine rings is 1. The highest BCUT2D eigenvalue weighted by atomic mass is 16.3. The number of amides is 1. The van der Waals surface area contributed by atoms with E-state index in [2.05, 4.69) is 10.3 Å². The lowest BCUT2D eigenvalue weighted by Crippen LogP contribution is -2.44. The van der Waals surface area contributed by atoms with E-state index < -0.39 is 5.60 Å². The van der Waals surface area contributed by atoms with Crippen LogP contribution in [-0.2, 0) is 0 Å². The van der Waals surface area contributed by atoms with E-state index in [-0.39, 0.29) is 18.4 Å². The number of aromatic nitrogens is 1. The number of aryl methyl sites for hydroxylation is 1. The normalized spacial score (nSPS) is 14.5. The van der Waals surface area contributed by atoms with Crippen molar-refractivity contribution in [2.75, 3.05) is 6.54 Å². The second-order valence-corrected chi connectivity index (χ2v) is 4.83. The fourth-order valence-electron chi connectivity index (χ4n) is 1.28. The molecule has 1 aromatic heterocycles. The smallest absolute Gasteiger partial charge is 0.253 e. The van der Waals surface area contributed by atoms with E-state index in [1.807, 2.05) is 13.8 Å². The Kier molecular flexibility index (Phi) is 4.23. The van der Waals surface area contributed by atoms with Crippen LogP contribution < -0.4 is 5.32 Å². The van der Waals surface area contributed by atoms with E-state index in [1.165, 1.54) is 0 Å². The molecule has 0 aliphatic rings. The molecule has 4 heteroatoms. The van der Waals surface area contributed by atoms with Crippen molar-refractivity contribution in [1.29, 1.82) is 0 Å². The summed E-state index contributed by atoms with van der Waals surface area (Å²) in [6.45, 7) is 7.57.